The van der Waals surface area contributed by atoms with Crippen LogP contribution in [0.15, 0.2) is 35.5 Å². The van der Waals surface area contributed by atoms with Crippen LogP contribution in [0.3, 0.4) is 0 Å². The van der Waals surface area contributed by atoms with E-state index in [0.717, 1.165) is 5.56 Å². The molecule has 0 radical (unpaired) electrons. The summed E-state index contributed by atoms with van der Waals surface area (Å²) in [7, 11) is 0. The standard InChI is InChI=1S/C17H23ClN2O3/c1-5-6-15(17(21)22)20-19-12(4)14-9-13(18)7-8-16(14)23-10-11(2)3/h5-9,11-12,19H,10H2,1-4H3,(H,21,22)/b6-5+,20-15+. The maximum Gasteiger partial charge on any atom is 0.356 e. The molecule has 0 bridgehead atoms. The number of carbonyl (C=O) groups is 1. The first-order chi connectivity index (χ1) is 10.8. The lowest BCUT2D eigenvalue weighted by atomic mass is 10.1. The van der Waals surface area contributed by atoms with Gasteiger partial charge in [0.05, 0.1) is 12.6 Å². The molecular weight excluding hydrogens is 316 g/mol. The SMILES string of the molecule is C/C=C/C(=N\NC(C)c1cc(Cl)ccc1OCC(C)C)C(=O)O. The number of aliphatic carboxylic acids is 1. The van der Waals surface area contributed by atoms with E-state index in [1.165, 1.54) is 6.08 Å². The topological polar surface area (TPSA) is 70.9 Å². The summed E-state index contributed by atoms with van der Waals surface area (Å²) in [6.07, 6.45) is 3.05. The zero-order valence-electron chi connectivity index (χ0n) is 13.8. The van der Waals surface area contributed by atoms with Crippen LogP contribution in [-0.4, -0.2) is 23.4 Å². The lowest BCUT2D eigenvalue weighted by molar-refractivity contribution is -0.129. The molecule has 1 rings (SSSR count). The van der Waals surface area contributed by atoms with E-state index in [1.807, 2.05) is 13.0 Å². The van der Waals surface area contributed by atoms with Crippen molar-refractivity contribution in [2.24, 2.45) is 11.0 Å². The van der Waals surface area contributed by atoms with E-state index in [2.05, 4.69) is 24.4 Å². The molecule has 5 nitrogen and oxygen atoms in total. The normalized spacial score (nSPS) is 13.4. The highest BCUT2D eigenvalue weighted by atomic mass is 35.5. The summed E-state index contributed by atoms with van der Waals surface area (Å²) in [5, 5.41) is 13.6. The van der Waals surface area contributed by atoms with Gasteiger partial charge in [-0.15, -0.1) is 0 Å². The fourth-order valence-electron chi connectivity index (χ4n) is 1.80. The van der Waals surface area contributed by atoms with E-state index in [1.54, 1.807) is 25.1 Å². The van der Waals surface area contributed by atoms with Gasteiger partial charge in [0.1, 0.15) is 5.75 Å². The molecule has 0 saturated carbocycles. The molecule has 1 aromatic rings. The van der Waals surface area contributed by atoms with E-state index in [9.17, 15) is 4.79 Å². The minimum absolute atomic E-state index is 0.0639. The van der Waals surface area contributed by atoms with E-state index in [4.69, 9.17) is 21.4 Å². The second-order valence-electron chi connectivity index (χ2n) is 5.54. The number of nitrogens with one attached hydrogen (secondary N) is 1. The molecule has 0 aliphatic rings. The lowest BCUT2D eigenvalue weighted by Gasteiger charge is -2.18. The van der Waals surface area contributed by atoms with Gasteiger partial charge in [-0.05, 0) is 44.0 Å². The van der Waals surface area contributed by atoms with Gasteiger partial charge in [-0.3, -0.25) is 0 Å². The van der Waals surface area contributed by atoms with Crippen LogP contribution in [0.1, 0.15) is 39.3 Å². The predicted molar refractivity (Wildman–Crippen MR) is 93.2 cm³/mol. The Morgan fingerprint density at radius 2 is 2.13 bits per heavy atom. The number of carboxylic acids is 1. The van der Waals surface area contributed by atoms with Crippen LogP contribution in [0.25, 0.3) is 0 Å². The third-order valence-corrected chi connectivity index (χ3v) is 3.17. The molecule has 0 fully saturated rings. The van der Waals surface area contributed by atoms with Crippen molar-refractivity contribution < 1.29 is 14.6 Å². The van der Waals surface area contributed by atoms with Crippen molar-refractivity contribution in [2.75, 3.05) is 6.61 Å². The first-order valence-electron chi connectivity index (χ1n) is 7.46. The fourth-order valence-corrected chi connectivity index (χ4v) is 1.98. The minimum Gasteiger partial charge on any atom is -0.493 e. The van der Waals surface area contributed by atoms with Crippen LogP contribution in [0.2, 0.25) is 5.02 Å². The molecule has 126 valence electrons. The Kier molecular flexibility index (Phi) is 7.62. The number of hydrogen-bond donors (Lipinski definition) is 2. The molecule has 0 aromatic heterocycles. The molecule has 0 spiro atoms. The Labute approximate surface area is 142 Å². The highest BCUT2D eigenvalue weighted by molar-refractivity contribution is 6.40. The minimum atomic E-state index is -1.09. The zero-order chi connectivity index (χ0) is 17.4. The molecule has 0 saturated heterocycles. The molecule has 0 aliphatic carbocycles. The van der Waals surface area contributed by atoms with Crippen molar-refractivity contribution in [3.05, 3.63) is 40.9 Å². The van der Waals surface area contributed by atoms with Gasteiger partial charge in [-0.25, -0.2) is 4.79 Å². The quantitative estimate of drug-likeness (QED) is 0.554. The van der Waals surface area contributed by atoms with E-state index in [-0.39, 0.29) is 11.8 Å². The van der Waals surface area contributed by atoms with E-state index < -0.39 is 5.97 Å². The molecule has 1 atom stereocenters. The molecule has 2 N–H and O–H groups in total. The summed E-state index contributed by atoms with van der Waals surface area (Å²) in [4.78, 5) is 11.1. The van der Waals surface area contributed by atoms with E-state index in [0.29, 0.717) is 23.3 Å². The van der Waals surface area contributed by atoms with Gasteiger partial charge in [-0.1, -0.05) is 31.5 Å². The predicted octanol–water partition coefficient (Wildman–Crippen LogP) is 4.04. The smallest absolute Gasteiger partial charge is 0.356 e. The highest BCUT2D eigenvalue weighted by Crippen LogP contribution is 2.28. The van der Waals surface area contributed by atoms with Crippen LogP contribution in [0.5, 0.6) is 5.75 Å². The summed E-state index contributed by atoms with van der Waals surface area (Å²) in [5.41, 5.74) is 3.60. The maximum atomic E-state index is 11.1. The summed E-state index contributed by atoms with van der Waals surface area (Å²) < 4.78 is 5.80. The average molecular weight is 339 g/mol. The van der Waals surface area contributed by atoms with Gasteiger partial charge >= 0.3 is 5.97 Å². The number of rotatable bonds is 8. The number of allylic oxidation sites excluding steroid dienone is 1. The summed E-state index contributed by atoms with van der Waals surface area (Å²) in [6.45, 7) is 8.32. The van der Waals surface area contributed by atoms with E-state index >= 15 is 0 Å². The summed E-state index contributed by atoms with van der Waals surface area (Å²) in [5.74, 6) is 0.0134. The first kappa shape index (κ1) is 19.0. The molecule has 1 aromatic carbocycles. The number of carboxylic acid groups (broad SMARTS) is 1. The number of hydrazone groups is 1. The molecule has 23 heavy (non-hydrogen) atoms. The Hall–Kier alpha value is -2.01. The van der Waals surface area contributed by atoms with Gasteiger partial charge in [0.2, 0.25) is 0 Å². The van der Waals surface area contributed by atoms with Crippen LogP contribution in [0, 0.1) is 5.92 Å². The monoisotopic (exact) mass is 338 g/mol. The summed E-state index contributed by atoms with van der Waals surface area (Å²) in [6, 6.07) is 5.11. The summed E-state index contributed by atoms with van der Waals surface area (Å²) >= 11 is 6.06. The fraction of sp³-hybridized carbons (Fsp3) is 0.412. The van der Waals surface area contributed by atoms with Crippen molar-refractivity contribution in [3.63, 3.8) is 0 Å². The molecule has 0 aliphatic heterocycles. The van der Waals surface area contributed by atoms with Gasteiger partial charge < -0.3 is 15.3 Å². The van der Waals surface area contributed by atoms with Gasteiger partial charge in [-0.2, -0.15) is 5.10 Å². The molecule has 0 heterocycles. The van der Waals surface area contributed by atoms with Crippen molar-refractivity contribution in [3.8, 4) is 5.75 Å². The number of hydrogen-bond acceptors (Lipinski definition) is 4. The molecule has 0 amide bonds. The Bertz CT molecular complexity index is 598. The van der Waals surface area contributed by atoms with Crippen molar-refractivity contribution in [2.45, 2.75) is 33.7 Å². The highest BCUT2D eigenvalue weighted by Gasteiger charge is 2.14. The van der Waals surface area contributed by atoms with Gasteiger partial charge in [0.15, 0.2) is 5.71 Å². The van der Waals surface area contributed by atoms with Crippen LogP contribution >= 0.6 is 11.6 Å². The van der Waals surface area contributed by atoms with Crippen LogP contribution in [-0.2, 0) is 4.79 Å². The number of halogens is 1. The van der Waals surface area contributed by atoms with Crippen LogP contribution < -0.4 is 10.2 Å². The van der Waals surface area contributed by atoms with Gasteiger partial charge in [0, 0.05) is 10.6 Å². The van der Waals surface area contributed by atoms with Gasteiger partial charge in [0.25, 0.3) is 0 Å². The molecular formula is C17H23ClN2O3. The molecule has 6 heteroatoms. The van der Waals surface area contributed by atoms with Crippen molar-refractivity contribution in [1.82, 2.24) is 5.43 Å². The zero-order valence-corrected chi connectivity index (χ0v) is 14.6. The second-order valence-corrected chi connectivity index (χ2v) is 5.98. The second kappa shape index (κ2) is 9.20. The maximum absolute atomic E-state index is 11.1. The van der Waals surface area contributed by atoms with Crippen molar-refractivity contribution in [1.29, 1.82) is 0 Å². The Balaban J connectivity index is 2.97. The average Bonchev–Trinajstić information content (AvgIpc) is 2.49. The number of benzene rings is 1. The third kappa shape index (κ3) is 6.32. The number of nitrogens with zero attached hydrogens (tertiary/aromatic N) is 1. The van der Waals surface area contributed by atoms with Crippen molar-refractivity contribution >= 4 is 23.3 Å². The largest absolute Gasteiger partial charge is 0.493 e. The molecule has 1 unspecified atom stereocenters. The lowest BCUT2D eigenvalue weighted by Crippen LogP contribution is -2.20. The van der Waals surface area contributed by atoms with Crippen LogP contribution in [0.4, 0.5) is 0 Å². The Morgan fingerprint density at radius 1 is 1.43 bits per heavy atom. The first-order valence-corrected chi connectivity index (χ1v) is 7.84. The Morgan fingerprint density at radius 3 is 2.70 bits per heavy atom. The third-order valence-electron chi connectivity index (χ3n) is 2.93. The number of ether oxygens (including phenoxy) is 1.